The first-order valence-corrected chi connectivity index (χ1v) is 24.7. The maximum Gasteiger partial charge on any atom is 0.385 e. The van der Waals surface area contributed by atoms with Gasteiger partial charge in [0.25, 0.3) is 0 Å². The van der Waals surface area contributed by atoms with E-state index in [-0.39, 0.29) is 34.9 Å². The Morgan fingerprint density at radius 2 is 0.826 bits per heavy atom. The van der Waals surface area contributed by atoms with E-state index in [1.54, 1.807) is 12.1 Å². The van der Waals surface area contributed by atoms with E-state index in [1.807, 2.05) is 19.1 Å². The highest BCUT2D eigenvalue weighted by Gasteiger charge is 2.90. The minimum Gasteiger partial charge on any atom is -0.303 e. The lowest BCUT2D eigenvalue weighted by Gasteiger charge is -2.41. The fourth-order valence-corrected chi connectivity index (χ4v) is 10.9. The Kier molecular flexibility index (Phi) is 16.0. The Morgan fingerprint density at radius 1 is 0.406 bits per heavy atom. The van der Waals surface area contributed by atoms with Gasteiger partial charge in [-0.3, -0.25) is 0 Å². The van der Waals surface area contributed by atoms with Crippen molar-refractivity contribution in [1.29, 1.82) is 0 Å². The van der Waals surface area contributed by atoms with Crippen LogP contribution >= 0.6 is 0 Å². The second-order valence-corrected chi connectivity index (χ2v) is 19.9. The number of nitrogens with zero attached hydrogens (tertiary/aromatic N) is 2. The first-order chi connectivity index (χ1) is 32.6. The Hall–Kier alpha value is -4.04. The quantitative estimate of drug-likeness (QED) is 0.0572. The molecule has 2 aliphatic heterocycles. The van der Waals surface area contributed by atoms with Crippen molar-refractivity contribution in [3.63, 3.8) is 0 Å². The lowest BCUT2D eigenvalue weighted by molar-refractivity contribution is -0.429. The molecule has 0 N–H and O–H groups in total. The van der Waals surface area contributed by atoms with Gasteiger partial charge < -0.3 is 9.80 Å². The van der Waals surface area contributed by atoms with E-state index >= 15 is 52.7 Å². The first-order valence-electron chi connectivity index (χ1n) is 24.7. The molecule has 1 aliphatic carbocycles. The zero-order valence-corrected chi connectivity index (χ0v) is 39.6. The molecular weight excluding hydrogens is 917 g/mol. The Balaban J connectivity index is 1.18. The van der Waals surface area contributed by atoms with Gasteiger partial charge in [0.05, 0.1) is 0 Å². The van der Waals surface area contributed by atoms with Crippen molar-refractivity contribution in [2.45, 2.75) is 158 Å². The van der Waals surface area contributed by atoms with Crippen LogP contribution in [0.5, 0.6) is 0 Å². The predicted molar refractivity (Wildman–Crippen MR) is 248 cm³/mol. The summed E-state index contributed by atoms with van der Waals surface area (Å²) >= 11 is 0. The fourth-order valence-electron chi connectivity index (χ4n) is 10.9. The molecule has 69 heavy (non-hydrogen) atoms. The van der Waals surface area contributed by atoms with E-state index in [0.29, 0.717) is 6.07 Å². The van der Waals surface area contributed by atoms with Gasteiger partial charge in [-0.25, -0.2) is 0 Å². The SMILES string of the molecule is Cc1cccc(C(F)(F)C(F)(F)C(F)(F)C(F)(F)C(F)(F)C(F)(F)c2cccc(-c3ccc4c(c3)C(CCCCCCN3CCCCC3)(CCCCCCN3CCCCC3)c3cc(C)ccc3-4)c2)c1. The molecule has 0 atom stereocenters. The molecule has 0 spiro atoms. The summed E-state index contributed by atoms with van der Waals surface area (Å²) in [5.41, 5.74) is 0.574. The zero-order valence-electron chi connectivity index (χ0n) is 39.6. The van der Waals surface area contributed by atoms with Crippen molar-refractivity contribution in [2.75, 3.05) is 39.3 Å². The van der Waals surface area contributed by atoms with E-state index in [2.05, 4.69) is 21.9 Å². The number of likely N-dealkylation sites (tertiary alicyclic amines) is 2. The molecule has 0 saturated carbocycles. The summed E-state index contributed by atoms with van der Waals surface area (Å²) in [6.07, 6.45) is 16.9. The summed E-state index contributed by atoms with van der Waals surface area (Å²) in [7, 11) is 0. The van der Waals surface area contributed by atoms with E-state index in [0.717, 1.165) is 156 Å². The van der Waals surface area contributed by atoms with Gasteiger partial charge in [0, 0.05) is 16.5 Å². The highest BCUT2D eigenvalue weighted by molar-refractivity contribution is 5.84. The number of rotatable bonds is 22. The molecular formula is C55H64F12N2. The van der Waals surface area contributed by atoms with Crippen LogP contribution in [0.15, 0.2) is 84.9 Å². The van der Waals surface area contributed by atoms with Crippen molar-refractivity contribution in [3.05, 3.63) is 118 Å². The van der Waals surface area contributed by atoms with E-state index in [9.17, 15) is 0 Å². The average molecular weight is 981 g/mol. The van der Waals surface area contributed by atoms with Crippen LogP contribution in [-0.4, -0.2) is 72.8 Å². The third-order valence-corrected chi connectivity index (χ3v) is 15.0. The van der Waals surface area contributed by atoms with Crippen LogP contribution in [0.1, 0.15) is 136 Å². The van der Waals surface area contributed by atoms with Gasteiger partial charge in [0.2, 0.25) is 0 Å². The van der Waals surface area contributed by atoms with Gasteiger partial charge >= 0.3 is 35.5 Å². The molecule has 0 amide bonds. The van der Waals surface area contributed by atoms with Gasteiger partial charge in [-0.1, -0.05) is 129 Å². The average Bonchev–Trinajstić information content (AvgIpc) is 3.59. The number of fused-ring (bicyclic) bond motifs is 3. The van der Waals surface area contributed by atoms with Crippen LogP contribution in [0.3, 0.4) is 0 Å². The number of hydrogen-bond donors (Lipinski definition) is 0. The normalized spacial score (nSPS) is 17.5. The summed E-state index contributed by atoms with van der Waals surface area (Å²) in [6.45, 7) is 9.71. The Bertz CT molecular complexity index is 2320. The first kappa shape index (κ1) is 52.8. The maximum atomic E-state index is 15.9. The molecule has 2 nitrogen and oxygen atoms in total. The fraction of sp³-hybridized carbons (Fsp3) is 0.564. The predicted octanol–water partition coefficient (Wildman–Crippen LogP) is 16.5. The summed E-state index contributed by atoms with van der Waals surface area (Å²) in [6, 6.07) is 16.6. The second-order valence-electron chi connectivity index (χ2n) is 19.9. The summed E-state index contributed by atoms with van der Waals surface area (Å²) in [5, 5.41) is 0. The molecule has 0 aromatic heterocycles. The van der Waals surface area contributed by atoms with E-state index in [4.69, 9.17) is 0 Å². The minimum atomic E-state index is -7.70. The van der Waals surface area contributed by atoms with Crippen molar-refractivity contribution >= 4 is 0 Å². The van der Waals surface area contributed by atoms with Gasteiger partial charge in [0.15, 0.2) is 0 Å². The number of benzene rings is 4. The molecule has 0 radical (unpaired) electrons. The standard InChI is InChI=1S/C55H64F12N2/c1-39-19-17-21-43(35-39)50(56,57)52(60,61)54(64,65)55(66,67)53(62,63)51(58,59)44-22-18-20-41(37-44)42-24-26-46-45-25-23-40(2)36-47(45)49(48(46)38-42,27-9-3-5-11-29-68-31-13-7-14-32-68)28-10-4-6-12-30-69-33-15-8-16-34-69/h17-26,35-38H,3-16,27-34H2,1-2H3. The Labute approximate surface area is 398 Å². The number of alkyl halides is 12. The molecule has 0 unspecified atom stereocenters. The van der Waals surface area contributed by atoms with Crippen LogP contribution in [-0.2, 0) is 17.3 Å². The molecule has 3 aliphatic rings. The van der Waals surface area contributed by atoms with E-state index < -0.39 is 52.1 Å². The monoisotopic (exact) mass is 980 g/mol. The van der Waals surface area contributed by atoms with Crippen molar-refractivity contribution in [2.24, 2.45) is 0 Å². The van der Waals surface area contributed by atoms with Gasteiger partial charge in [-0.2, -0.15) is 52.7 Å². The topological polar surface area (TPSA) is 6.48 Å². The lowest BCUT2D eigenvalue weighted by atomic mass is 9.70. The number of aryl methyl sites for hydroxylation is 2. The smallest absolute Gasteiger partial charge is 0.303 e. The summed E-state index contributed by atoms with van der Waals surface area (Å²) < 4.78 is 184. The maximum absolute atomic E-state index is 15.9. The number of piperidine rings is 2. The van der Waals surface area contributed by atoms with Crippen LogP contribution in [0.2, 0.25) is 0 Å². The molecule has 0 bridgehead atoms. The van der Waals surface area contributed by atoms with Crippen LogP contribution in [0, 0.1) is 13.8 Å². The number of halogens is 12. The third kappa shape index (κ3) is 10.2. The molecule has 7 rings (SSSR count). The molecule has 2 fully saturated rings. The molecule has 2 heterocycles. The van der Waals surface area contributed by atoms with Crippen LogP contribution in [0.25, 0.3) is 22.3 Å². The zero-order chi connectivity index (χ0) is 49.9. The molecule has 14 heteroatoms. The molecule has 4 aromatic rings. The molecule has 378 valence electrons. The van der Waals surface area contributed by atoms with Gasteiger partial charge in [0.1, 0.15) is 0 Å². The summed E-state index contributed by atoms with van der Waals surface area (Å²) in [5.74, 6) is -42.4. The van der Waals surface area contributed by atoms with Crippen molar-refractivity contribution in [3.8, 4) is 22.3 Å². The third-order valence-electron chi connectivity index (χ3n) is 15.0. The molecule has 2 saturated heterocycles. The van der Waals surface area contributed by atoms with Crippen molar-refractivity contribution in [1.82, 2.24) is 9.80 Å². The second kappa shape index (κ2) is 21.0. The number of unbranched alkanes of at least 4 members (excludes halogenated alkanes) is 6. The van der Waals surface area contributed by atoms with Gasteiger partial charge in [-0.05, 0) is 156 Å². The van der Waals surface area contributed by atoms with Crippen molar-refractivity contribution < 1.29 is 52.7 Å². The Morgan fingerprint density at radius 3 is 1.33 bits per heavy atom. The van der Waals surface area contributed by atoms with E-state index in [1.165, 1.54) is 44.6 Å². The molecule has 4 aromatic carbocycles. The highest BCUT2D eigenvalue weighted by atomic mass is 19.4. The highest BCUT2D eigenvalue weighted by Crippen LogP contribution is 2.64. The van der Waals surface area contributed by atoms with Gasteiger partial charge in [-0.15, -0.1) is 0 Å². The van der Waals surface area contributed by atoms with Crippen LogP contribution < -0.4 is 0 Å². The lowest BCUT2D eigenvalue weighted by Crippen LogP contribution is -2.69. The summed E-state index contributed by atoms with van der Waals surface area (Å²) in [4.78, 5) is 5.04. The number of hydrogen-bond acceptors (Lipinski definition) is 2. The minimum absolute atomic E-state index is 0.159. The van der Waals surface area contributed by atoms with Crippen LogP contribution in [0.4, 0.5) is 52.7 Å². The largest absolute Gasteiger partial charge is 0.385 e.